The molecule has 0 bridgehead atoms. The van der Waals surface area contributed by atoms with Gasteiger partial charge in [0.25, 0.3) is 0 Å². The van der Waals surface area contributed by atoms with Crippen LogP contribution in [0.15, 0.2) is 35.6 Å². The zero-order chi connectivity index (χ0) is 17.7. The molecule has 5 N–H and O–H groups in total. The van der Waals surface area contributed by atoms with E-state index in [0.717, 1.165) is 5.12 Å². The van der Waals surface area contributed by atoms with Crippen molar-refractivity contribution in [3.05, 3.63) is 46.9 Å². The van der Waals surface area contributed by atoms with Gasteiger partial charge in [0.1, 0.15) is 18.3 Å². The maximum Gasteiger partial charge on any atom is 0.221 e. The summed E-state index contributed by atoms with van der Waals surface area (Å²) in [6.45, 7) is -0.218. The first-order valence-electron chi connectivity index (χ1n) is 6.89. The fourth-order valence-electron chi connectivity index (χ4n) is 2.03. The fourth-order valence-corrected chi connectivity index (χ4v) is 2.15. The molecule has 1 aromatic carbocycles. The van der Waals surface area contributed by atoms with Gasteiger partial charge in [0.05, 0.1) is 18.7 Å². The molecular weight excluding hydrogens is 337 g/mol. The second-order valence-electron chi connectivity index (χ2n) is 4.88. The lowest BCUT2D eigenvalue weighted by atomic mass is 10.1. The summed E-state index contributed by atoms with van der Waals surface area (Å²) >= 11 is 5.71. The number of ether oxygens (including phenoxy) is 1. The molecule has 1 aromatic heterocycles. The van der Waals surface area contributed by atoms with E-state index in [4.69, 9.17) is 33.0 Å². The lowest BCUT2D eigenvalue weighted by molar-refractivity contribution is 0.281. The molecule has 0 saturated carbocycles. The Balaban J connectivity index is 2.35. The Kier molecular flexibility index (Phi) is 5.91. The fraction of sp³-hybridized carbons (Fsp3) is 0.200. The molecule has 0 aliphatic rings. The van der Waals surface area contributed by atoms with Gasteiger partial charge in [-0.1, -0.05) is 17.7 Å². The van der Waals surface area contributed by atoms with Gasteiger partial charge in [-0.25, -0.2) is 20.3 Å². The van der Waals surface area contributed by atoms with E-state index in [9.17, 15) is 4.39 Å². The third-order valence-electron chi connectivity index (χ3n) is 3.10. The third-order valence-corrected chi connectivity index (χ3v) is 3.40. The Labute approximate surface area is 143 Å². The number of hydrazine groups is 1. The topological polar surface area (TPSA) is 110 Å². The highest BCUT2D eigenvalue weighted by Gasteiger charge is 2.12. The van der Waals surface area contributed by atoms with E-state index >= 15 is 0 Å². The molecule has 9 heteroatoms. The molecular formula is C15H17ClFN5O2. The first-order valence-corrected chi connectivity index (χ1v) is 7.26. The number of aliphatic hydroxyl groups excluding tert-OH is 1. The van der Waals surface area contributed by atoms with Crippen LogP contribution in [-0.4, -0.2) is 34.8 Å². The lowest BCUT2D eigenvalue weighted by Crippen LogP contribution is -2.30. The van der Waals surface area contributed by atoms with Gasteiger partial charge < -0.3 is 15.6 Å². The van der Waals surface area contributed by atoms with Crippen molar-refractivity contribution in [3.63, 3.8) is 0 Å². The Morgan fingerprint density at radius 3 is 2.83 bits per heavy atom. The van der Waals surface area contributed by atoms with Crippen LogP contribution in [0.5, 0.6) is 5.88 Å². The van der Waals surface area contributed by atoms with Gasteiger partial charge in [-0.05, 0) is 29.3 Å². The van der Waals surface area contributed by atoms with Gasteiger partial charge in [-0.2, -0.15) is 0 Å². The molecule has 1 heterocycles. The summed E-state index contributed by atoms with van der Waals surface area (Å²) in [6.07, 6.45) is 1.55. The third kappa shape index (κ3) is 4.31. The number of halogens is 2. The lowest BCUT2D eigenvalue weighted by Gasteiger charge is -2.15. The van der Waals surface area contributed by atoms with E-state index in [2.05, 4.69) is 10.1 Å². The molecule has 0 aliphatic heterocycles. The minimum Gasteiger partial charge on any atom is -0.481 e. The molecule has 0 amide bonds. The average molecular weight is 354 g/mol. The second-order valence-corrected chi connectivity index (χ2v) is 5.28. The Bertz CT molecular complexity index is 757. The molecule has 0 radical (unpaired) electrons. The number of methoxy groups -OCH3 is 1. The first kappa shape index (κ1) is 17.9. The van der Waals surface area contributed by atoms with Crippen LogP contribution in [-0.2, 0) is 6.54 Å². The normalized spacial score (nSPS) is 11.5. The largest absolute Gasteiger partial charge is 0.481 e. The maximum atomic E-state index is 13.7. The Hall–Kier alpha value is -2.42. The zero-order valence-corrected chi connectivity index (χ0v) is 13.7. The van der Waals surface area contributed by atoms with Crippen molar-refractivity contribution in [2.24, 2.45) is 16.7 Å². The number of aliphatic hydroxyl groups is 1. The molecule has 2 rings (SSSR count). The molecule has 24 heavy (non-hydrogen) atoms. The highest BCUT2D eigenvalue weighted by molar-refractivity contribution is 6.30. The number of benzene rings is 1. The summed E-state index contributed by atoms with van der Waals surface area (Å²) in [5.41, 5.74) is 7.25. The van der Waals surface area contributed by atoms with Gasteiger partial charge in [-0.15, -0.1) is 5.10 Å². The number of hydrazone groups is 1. The van der Waals surface area contributed by atoms with Crippen molar-refractivity contribution in [3.8, 4) is 17.0 Å². The van der Waals surface area contributed by atoms with Gasteiger partial charge in [0.2, 0.25) is 5.88 Å². The second kappa shape index (κ2) is 7.91. The minimum absolute atomic E-state index is 0.0148. The van der Waals surface area contributed by atoms with Crippen molar-refractivity contribution >= 4 is 17.4 Å². The summed E-state index contributed by atoms with van der Waals surface area (Å²) in [6, 6.07) is 6.17. The molecule has 0 fully saturated rings. The van der Waals surface area contributed by atoms with Gasteiger partial charge >= 0.3 is 0 Å². The predicted molar refractivity (Wildman–Crippen MR) is 89.6 cm³/mol. The van der Waals surface area contributed by atoms with E-state index in [1.807, 2.05) is 0 Å². The van der Waals surface area contributed by atoms with E-state index in [1.165, 1.54) is 19.2 Å². The molecule has 7 nitrogen and oxygen atoms in total. The van der Waals surface area contributed by atoms with E-state index in [0.29, 0.717) is 22.6 Å². The van der Waals surface area contributed by atoms with Crippen molar-refractivity contribution in [1.82, 2.24) is 10.1 Å². The smallest absolute Gasteiger partial charge is 0.221 e. The average Bonchev–Trinajstić information content (AvgIpc) is 2.57. The van der Waals surface area contributed by atoms with Crippen LogP contribution in [0.25, 0.3) is 11.1 Å². The quantitative estimate of drug-likeness (QED) is 0.314. The van der Waals surface area contributed by atoms with Crippen LogP contribution in [0, 0.1) is 5.82 Å². The number of pyridine rings is 1. The van der Waals surface area contributed by atoms with Crippen molar-refractivity contribution in [1.29, 1.82) is 0 Å². The van der Waals surface area contributed by atoms with Crippen molar-refractivity contribution < 1.29 is 14.2 Å². The number of aromatic nitrogens is 1. The molecule has 128 valence electrons. The van der Waals surface area contributed by atoms with Crippen LogP contribution in [0.3, 0.4) is 0 Å². The number of amidine groups is 1. The summed E-state index contributed by atoms with van der Waals surface area (Å²) in [5.74, 6) is 5.49. The summed E-state index contributed by atoms with van der Waals surface area (Å²) in [4.78, 5) is 4.19. The first-order chi connectivity index (χ1) is 11.4. The summed E-state index contributed by atoms with van der Waals surface area (Å²) < 4.78 is 18.9. The molecule has 0 aliphatic carbocycles. The standard InChI is InChI=1S/C15H17ClFN5O2/c1-24-15-11(10-2-3-12(16)13(17)5-10)4-9(6-20-15)7-22(19)21-14(18)8-23/h2-6,23H,7-8,19H2,1H3,(H2,18,21). The molecule has 2 aromatic rings. The molecule has 0 unspecified atom stereocenters. The zero-order valence-electron chi connectivity index (χ0n) is 12.9. The number of nitrogens with zero attached hydrogens (tertiary/aromatic N) is 3. The minimum atomic E-state index is -0.539. The van der Waals surface area contributed by atoms with Gasteiger partial charge in [0.15, 0.2) is 0 Å². The maximum absolute atomic E-state index is 13.7. The number of hydrogen-bond donors (Lipinski definition) is 3. The van der Waals surface area contributed by atoms with Crippen LogP contribution >= 0.6 is 11.6 Å². The number of rotatable bonds is 6. The highest BCUT2D eigenvalue weighted by atomic mass is 35.5. The molecule has 0 saturated heterocycles. The summed E-state index contributed by atoms with van der Waals surface area (Å²) in [5, 5.41) is 13.7. The monoisotopic (exact) mass is 353 g/mol. The Morgan fingerprint density at radius 1 is 1.46 bits per heavy atom. The molecule has 0 spiro atoms. The van der Waals surface area contributed by atoms with Crippen LogP contribution < -0.4 is 16.3 Å². The Morgan fingerprint density at radius 2 is 2.21 bits per heavy atom. The van der Waals surface area contributed by atoms with Crippen molar-refractivity contribution in [2.75, 3.05) is 13.7 Å². The predicted octanol–water partition coefficient (Wildman–Crippen LogP) is 1.49. The van der Waals surface area contributed by atoms with Gasteiger partial charge in [0, 0.05) is 11.8 Å². The van der Waals surface area contributed by atoms with Crippen LogP contribution in [0.1, 0.15) is 5.56 Å². The van der Waals surface area contributed by atoms with E-state index in [-0.39, 0.29) is 17.4 Å². The molecule has 0 atom stereocenters. The highest BCUT2D eigenvalue weighted by Crippen LogP contribution is 2.31. The van der Waals surface area contributed by atoms with Crippen LogP contribution in [0.2, 0.25) is 5.02 Å². The SMILES string of the molecule is COc1ncc(CN(N)/N=C(\N)CO)cc1-c1ccc(Cl)c(F)c1. The number of hydrogen-bond acceptors (Lipinski definition) is 6. The van der Waals surface area contributed by atoms with Crippen molar-refractivity contribution in [2.45, 2.75) is 6.54 Å². The van der Waals surface area contributed by atoms with Gasteiger partial charge in [-0.3, -0.25) is 0 Å². The summed E-state index contributed by atoms with van der Waals surface area (Å²) in [7, 11) is 1.47. The van der Waals surface area contributed by atoms with Crippen LogP contribution in [0.4, 0.5) is 4.39 Å². The van der Waals surface area contributed by atoms with E-state index in [1.54, 1.807) is 18.3 Å². The number of nitrogens with two attached hydrogens (primary N) is 2. The van der Waals surface area contributed by atoms with E-state index < -0.39 is 12.4 Å².